The van der Waals surface area contributed by atoms with Crippen molar-refractivity contribution in [1.29, 1.82) is 0 Å². The quantitative estimate of drug-likeness (QED) is 0.460. The van der Waals surface area contributed by atoms with Crippen molar-refractivity contribution >= 4 is 11.5 Å². The van der Waals surface area contributed by atoms with Gasteiger partial charge in [0, 0.05) is 31.8 Å². The van der Waals surface area contributed by atoms with E-state index in [1.165, 1.54) is 12.1 Å². The third-order valence-electron chi connectivity index (χ3n) is 6.19. The summed E-state index contributed by atoms with van der Waals surface area (Å²) in [5.74, 6) is 0.635. The number of amides is 1. The fraction of sp³-hybridized carbons (Fsp3) is 0.250. The van der Waals surface area contributed by atoms with Crippen LogP contribution >= 0.6 is 0 Å². The maximum atomic E-state index is 13.3. The molecule has 8 heteroatoms. The van der Waals surface area contributed by atoms with E-state index in [0.29, 0.717) is 30.6 Å². The molecular formula is C28H27F3N2O3. The van der Waals surface area contributed by atoms with Crippen molar-refractivity contribution in [3.8, 4) is 11.5 Å². The molecule has 5 nitrogen and oxygen atoms in total. The molecule has 0 radical (unpaired) electrons. The molecule has 0 saturated carbocycles. The Morgan fingerprint density at radius 2 is 1.75 bits per heavy atom. The Hall–Kier alpha value is -3.78. The van der Waals surface area contributed by atoms with E-state index in [0.717, 1.165) is 41.1 Å². The molecule has 2 N–H and O–H groups in total. The van der Waals surface area contributed by atoms with Crippen molar-refractivity contribution < 1.29 is 27.8 Å². The molecule has 3 aromatic carbocycles. The second kappa shape index (κ2) is 10.9. The Kier molecular flexibility index (Phi) is 7.64. The first-order valence-corrected chi connectivity index (χ1v) is 11.5. The van der Waals surface area contributed by atoms with Gasteiger partial charge in [0.25, 0.3) is 0 Å². The number of nitrogens with zero attached hydrogens (tertiary/aromatic N) is 1. The number of rotatable bonds is 7. The smallest absolute Gasteiger partial charge is 0.416 e. The van der Waals surface area contributed by atoms with E-state index in [9.17, 15) is 23.1 Å². The largest absolute Gasteiger partial charge is 0.508 e. The topological polar surface area (TPSA) is 61.8 Å². The molecule has 3 aromatic rings. The van der Waals surface area contributed by atoms with Crippen LogP contribution in [0.4, 0.5) is 13.2 Å². The van der Waals surface area contributed by atoms with Crippen molar-refractivity contribution in [2.75, 3.05) is 20.2 Å². The third-order valence-corrected chi connectivity index (χ3v) is 6.19. The van der Waals surface area contributed by atoms with Gasteiger partial charge >= 0.3 is 6.18 Å². The van der Waals surface area contributed by atoms with Gasteiger partial charge in [0.1, 0.15) is 11.5 Å². The third kappa shape index (κ3) is 6.26. The summed E-state index contributed by atoms with van der Waals surface area (Å²) in [6.07, 6.45) is -3.77. The molecule has 4 rings (SSSR count). The van der Waals surface area contributed by atoms with Gasteiger partial charge in [0.2, 0.25) is 5.91 Å². The zero-order chi connectivity index (χ0) is 25.7. The summed E-state index contributed by atoms with van der Waals surface area (Å²) in [5, 5.41) is 12.5. The van der Waals surface area contributed by atoms with Gasteiger partial charge < -0.3 is 15.2 Å². The van der Waals surface area contributed by atoms with Gasteiger partial charge in [-0.1, -0.05) is 36.4 Å². The maximum Gasteiger partial charge on any atom is 0.416 e. The minimum Gasteiger partial charge on any atom is -0.508 e. The fourth-order valence-electron chi connectivity index (χ4n) is 4.27. The standard InChI is InChI=1S/C28H27F3N2O3/c1-36-24-4-2-3-20(15-24)17-33-14-13-25(21-7-11-23(34)12-8-21)26(18-33)27(35)32-16-19-5-9-22(10-6-19)28(29,30)31/h2-12,15,34H,13-14,16-18H2,1H3,(H,32,35). The molecule has 0 spiro atoms. The number of carbonyl (C=O) groups is 1. The highest BCUT2D eigenvalue weighted by molar-refractivity contribution is 6.02. The Morgan fingerprint density at radius 3 is 2.42 bits per heavy atom. The minimum absolute atomic E-state index is 0.110. The van der Waals surface area contributed by atoms with Crippen molar-refractivity contribution in [1.82, 2.24) is 10.2 Å². The van der Waals surface area contributed by atoms with Gasteiger partial charge in [-0.05, 0) is 65.1 Å². The number of benzene rings is 3. The normalized spacial score (nSPS) is 14.6. The van der Waals surface area contributed by atoms with Crippen LogP contribution in [0.25, 0.3) is 5.57 Å². The molecule has 1 aliphatic rings. The molecule has 188 valence electrons. The maximum absolute atomic E-state index is 13.3. The van der Waals surface area contributed by atoms with E-state index in [-0.39, 0.29) is 18.2 Å². The molecule has 1 amide bonds. The van der Waals surface area contributed by atoms with Crippen molar-refractivity contribution in [3.63, 3.8) is 0 Å². The SMILES string of the molecule is COc1cccc(CN2CCC(c3ccc(O)cc3)=C(C(=O)NCc3ccc(C(F)(F)F)cc3)C2)c1. The molecule has 0 bridgehead atoms. The number of hydrogen-bond acceptors (Lipinski definition) is 4. The van der Waals surface area contributed by atoms with Gasteiger partial charge in [-0.2, -0.15) is 13.2 Å². The lowest BCUT2D eigenvalue weighted by molar-refractivity contribution is -0.137. The van der Waals surface area contributed by atoms with Crippen LogP contribution in [0.15, 0.2) is 78.4 Å². The number of hydrogen-bond donors (Lipinski definition) is 2. The summed E-state index contributed by atoms with van der Waals surface area (Å²) in [6, 6.07) is 19.3. The summed E-state index contributed by atoms with van der Waals surface area (Å²) in [7, 11) is 1.62. The van der Waals surface area contributed by atoms with E-state index < -0.39 is 11.7 Å². The van der Waals surface area contributed by atoms with E-state index in [4.69, 9.17) is 4.74 Å². The van der Waals surface area contributed by atoms with Crippen LogP contribution in [-0.2, 0) is 24.1 Å². The van der Waals surface area contributed by atoms with Gasteiger partial charge in [-0.25, -0.2) is 0 Å². The second-order valence-corrected chi connectivity index (χ2v) is 8.69. The van der Waals surface area contributed by atoms with E-state index in [1.807, 2.05) is 24.3 Å². The monoisotopic (exact) mass is 496 g/mol. The average Bonchev–Trinajstić information content (AvgIpc) is 2.87. The van der Waals surface area contributed by atoms with Crippen LogP contribution in [0.2, 0.25) is 0 Å². The number of carbonyl (C=O) groups excluding carboxylic acids is 1. The van der Waals surface area contributed by atoms with Crippen LogP contribution in [-0.4, -0.2) is 36.1 Å². The van der Waals surface area contributed by atoms with Crippen molar-refractivity contribution in [3.05, 3.63) is 101 Å². The van der Waals surface area contributed by atoms with Crippen LogP contribution in [0.3, 0.4) is 0 Å². The van der Waals surface area contributed by atoms with Gasteiger partial charge in [0.05, 0.1) is 12.7 Å². The Labute approximate surface area is 207 Å². The summed E-state index contributed by atoms with van der Waals surface area (Å²) >= 11 is 0. The molecule has 1 heterocycles. The van der Waals surface area contributed by atoms with Crippen LogP contribution in [0, 0.1) is 0 Å². The summed E-state index contributed by atoms with van der Waals surface area (Å²) in [5.41, 5.74) is 3.26. The lowest BCUT2D eigenvalue weighted by Crippen LogP contribution is -2.37. The number of phenols is 1. The zero-order valence-corrected chi connectivity index (χ0v) is 19.8. The number of halogens is 3. The number of methoxy groups -OCH3 is 1. The highest BCUT2D eigenvalue weighted by Crippen LogP contribution is 2.31. The predicted molar refractivity (Wildman–Crippen MR) is 131 cm³/mol. The number of alkyl halides is 3. The molecule has 0 atom stereocenters. The van der Waals surface area contributed by atoms with E-state index in [1.54, 1.807) is 31.4 Å². The summed E-state index contributed by atoms with van der Waals surface area (Å²) in [6.45, 7) is 1.89. The predicted octanol–water partition coefficient (Wildman–Crippen LogP) is 5.40. The first-order chi connectivity index (χ1) is 17.2. The summed E-state index contributed by atoms with van der Waals surface area (Å²) < 4.78 is 43.8. The van der Waals surface area contributed by atoms with Crippen LogP contribution in [0.5, 0.6) is 11.5 Å². The lowest BCUT2D eigenvalue weighted by Gasteiger charge is -2.31. The molecule has 0 aromatic heterocycles. The molecular weight excluding hydrogens is 469 g/mol. The number of nitrogens with one attached hydrogen (secondary N) is 1. The zero-order valence-electron chi connectivity index (χ0n) is 19.8. The number of ether oxygens (including phenoxy) is 1. The molecule has 36 heavy (non-hydrogen) atoms. The minimum atomic E-state index is -4.40. The fourth-order valence-corrected chi connectivity index (χ4v) is 4.27. The molecule has 1 aliphatic heterocycles. The van der Waals surface area contributed by atoms with Crippen LogP contribution < -0.4 is 10.1 Å². The highest BCUT2D eigenvalue weighted by Gasteiger charge is 2.30. The Balaban J connectivity index is 1.53. The van der Waals surface area contributed by atoms with Crippen molar-refractivity contribution in [2.24, 2.45) is 0 Å². The lowest BCUT2D eigenvalue weighted by atomic mass is 9.92. The van der Waals surface area contributed by atoms with E-state index in [2.05, 4.69) is 10.2 Å². The highest BCUT2D eigenvalue weighted by atomic mass is 19.4. The molecule has 0 unspecified atom stereocenters. The Bertz CT molecular complexity index is 1240. The van der Waals surface area contributed by atoms with Gasteiger partial charge in [-0.3, -0.25) is 9.69 Å². The molecule has 0 fully saturated rings. The number of aromatic hydroxyl groups is 1. The first-order valence-electron chi connectivity index (χ1n) is 11.5. The Morgan fingerprint density at radius 1 is 1.03 bits per heavy atom. The van der Waals surface area contributed by atoms with Gasteiger partial charge in [-0.15, -0.1) is 0 Å². The van der Waals surface area contributed by atoms with Crippen molar-refractivity contribution in [2.45, 2.75) is 25.7 Å². The molecule has 0 saturated heterocycles. The van der Waals surface area contributed by atoms with E-state index >= 15 is 0 Å². The average molecular weight is 497 g/mol. The second-order valence-electron chi connectivity index (χ2n) is 8.69. The number of phenolic OH excluding ortho intramolecular Hbond substituents is 1. The summed E-state index contributed by atoms with van der Waals surface area (Å²) in [4.78, 5) is 15.5. The van der Waals surface area contributed by atoms with Crippen LogP contribution in [0.1, 0.15) is 28.7 Å². The van der Waals surface area contributed by atoms with Gasteiger partial charge in [0.15, 0.2) is 0 Å². The molecule has 0 aliphatic carbocycles. The first kappa shape index (κ1) is 25.3.